The number of methoxy groups -OCH3 is 1. The van der Waals surface area contributed by atoms with Crippen molar-refractivity contribution in [3.8, 4) is 5.75 Å². The standard InChI is InChI=1S/C14H17N3O/c1-11(13-3-5-14(18-2)6-4-13)17-9-12-7-15-10-16-8-12/h3-8,10-11,17H,9H2,1-2H3/t11-/m0/s1. The molecule has 4 heteroatoms. The van der Waals surface area contributed by atoms with Gasteiger partial charge in [0.15, 0.2) is 0 Å². The van der Waals surface area contributed by atoms with Crippen molar-refractivity contribution in [2.24, 2.45) is 0 Å². The summed E-state index contributed by atoms with van der Waals surface area (Å²) >= 11 is 0. The zero-order valence-corrected chi connectivity index (χ0v) is 10.6. The number of hydrogen-bond donors (Lipinski definition) is 1. The first-order chi connectivity index (χ1) is 8.79. The molecule has 1 atom stereocenters. The van der Waals surface area contributed by atoms with Gasteiger partial charge in [0, 0.05) is 30.5 Å². The van der Waals surface area contributed by atoms with Crippen molar-refractivity contribution in [2.75, 3.05) is 7.11 Å². The predicted molar refractivity (Wildman–Crippen MR) is 70.3 cm³/mol. The van der Waals surface area contributed by atoms with Crippen LogP contribution in [0.2, 0.25) is 0 Å². The van der Waals surface area contributed by atoms with Crippen molar-refractivity contribution >= 4 is 0 Å². The molecule has 0 aliphatic heterocycles. The van der Waals surface area contributed by atoms with Crippen LogP contribution in [0.1, 0.15) is 24.1 Å². The summed E-state index contributed by atoms with van der Waals surface area (Å²) in [4.78, 5) is 7.98. The number of nitrogens with zero attached hydrogens (tertiary/aromatic N) is 2. The zero-order chi connectivity index (χ0) is 12.8. The Balaban J connectivity index is 1.93. The summed E-state index contributed by atoms with van der Waals surface area (Å²) in [5.74, 6) is 0.877. The topological polar surface area (TPSA) is 47.0 Å². The first kappa shape index (κ1) is 12.5. The van der Waals surface area contributed by atoms with E-state index in [0.717, 1.165) is 17.9 Å². The Morgan fingerprint density at radius 3 is 2.44 bits per heavy atom. The minimum absolute atomic E-state index is 0.274. The molecule has 0 bridgehead atoms. The van der Waals surface area contributed by atoms with Crippen molar-refractivity contribution in [3.05, 3.63) is 54.1 Å². The number of rotatable bonds is 5. The van der Waals surface area contributed by atoms with Gasteiger partial charge in [0.2, 0.25) is 0 Å². The van der Waals surface area contributed by atoms with Crippen LogP contribution < -0.4 is 10.1 Å². The van der Waals surface area contributed by atoms with Crippen LogP contribution in [0.4, 0.5) is 0 Å². The van der Waals surface area contributed by atoms with E-state index in [1.165, 1.54) is 11.9 Å². The predicted octanol–water partition coefficient (Wildman–Crippen LogP) is 2.34. The van der Waals surface area contributed by atoms with E-state index in [0.29, 0.717) is 0 Å². The molecule has 0 saturated carbocycles. The molecule has 0 aliphatic carbocycles. The summed E-state index contributed by atoms with van der Waals surface area (Å²) in [6.45, 7) is 2.89. The summed E-state index contributed by atoms with van der Waals surface area (Å²) < 4.78 is 5.14. The number of hydrogen-bond acceptors (Lipinski definition) is 4. The van der Waals surface area contributed by atoms with Gasteiger partial charge in [0.1, 0.15) is 12.1 Å². The Morgan fingerprint density at radius 1 is 1.17 bits per heavy atom. The maximum Gasteiger partial charge on any atom is 0.118 e. The fraction of sp³-hybridized carbons (Fsp3) is 0.286. The van der Waals surface area contributed by atoms with Crippen molar-refractivity contribution in [2.45, 2.75) is 19.5 Å². The lowest BCUT2D eigenvalue weighted by Gasteiger charge is -2.14. The lowest BCUT2D eigenvalue weighted by molar-refractivity contribution is 0.414. The van der Waals surface area contributed by atoms with E-state index in [9.17, 15) is 0 Å². The Kier molecular flexibility index (Phi) is 4.25. The van der Waals surface area contributed by atoms with Crippen molar-refractivity contribution < 1.29 is 4.74 Å². The molecule has 1 N–H and O–H groups in total. The largest absolute Gasteiger partial charge is 0.497 e. The minimum atomic E-state index is 0.274. The van der Waals surface area contributed by atoms with Gasteiger partial charge in [-0.2, -0.15) is 0 Å². The fourth-order valence-electron chi connectivity index (χ4n) is 1.70. The average Bonchev–Trinajstić information content (AvgIpc) is 2.46. The van der Waals surface area contributed by atoms with Gasteiger partial charge in [0.05, 0.1) is 7.11 Å². The van der Waals surface area contributed by atoms with E-state index in [1.54, 1.807) is 7.11 Å². The summed E-state index contributed by atoms with van der Waals surface area (Å²) in [6.07, 6.45) is 5.18. The summed E-state index contributed by atoms with van der Waals surface area (Å²) in [6, 6.07) is 8.35. The molecular formula is C14H17N3O. The second kappa shape index (κ2) is 6.12. The molecule has 0 aliphatic rings. The minimum Gasteiger partial charge on any atom is -0.497 e. The van der Waals surface area contributed by atoms with Crippen molar-refractivity contribution in [3.63, 3.8) is 0 Å². The van der Waals surface area contributed by atoms with Gasteiger partial charge in [-0.05, 0) is 24.6 Å². The number of aromatic nitrogens is 2. The van der Waals surface area contributed by atoms with Gasteiger partial charge < -0.3 is 10.1 Å². The molecule has 4 nitrogen and oxygen atoms in total. The fourth-order valence-corrected chi connectivity index (χ4v) is 1.70. The summed E-state index contributed by atoms with van der Waals surface area (Å²) in [5, 5.41) is 3.43. The first-order valence-electron chi connectivity index (χ1n) is 5.91. The third-order valence-electron chi connectivity index (χ3n) is 2.84. The van der Waals surface area contributed by atoms with Gasteiger partial charge in [-0.3, -0.25) is 0 Å². The molecule has 18 heavy (non-hydrogen) atoms. The summed E-state index contributed by atoms with van der Waals surface area (Å²) in [5.41, 5.74) is 2.31. The van der Waals surface area contributed by atoms with Gasteiger partial charge in [-0.1, -0.05) is 12.1 Å². The third kappa shape index (κ3) is 3.28. The van der Waals surface area contributed by atoms with E-state index >= 15 is 0 Å². The van der Waals surface area contributed by atoms with Crippen LogP contribution in [0.25, 0.3) is 0 Å². The second-order valence-corrected chi connectivity index (χ2v) is 4.12. The van der Waals surface area contributed by atoms with Crippen molar-refractivity contribution in [1.82, 2.24) is 15.3 Å². The summed E-state index contributed by atoms with van der Waals surface area (Å²) in [7, 11) is 1.67. The van der Waals surface area contributed by atoms with Crippen LogP contribution in [0.3, 0.4) is 0 Å². The third-order valence-corrected chi connectivity index (χ3v) is 2.84. The number of nitrogens with one attached hydrogen (secondary N) is 1. The number of benzene rings is 1. The molecule has 1 aromatic heterocycles. The van der Waals surface area contributed by atoms with Crippen LogP contribution in [0, 0.1) is 0 Å². The lowest BCUT2D eigenvalue weighted by Crippen LogP contribution is -2.18. The molecule has 0 fully saturated rings. The second-order valence-electron chi connectivity index (χ2n) is 4.12. The van der Waals surface area contributed by atoms with Crippen LogP contribution in [-0.2, 0) is 6.54 Å². The molecule has 0 saturated heterocycles. The van der Waals surface area contributed by atoms with Gasteiger partial charge in [-0.15, -0.1) is 0 Å². The highest BCUT2D eigenvalue weighted by Crippen LogP contribution is 2.17. The van der Waals surface area contributed by atoms with E-state index < -0.39 is 0 Å². The molecule has 0 spiro atoms. The lowest BCUT2D eigenvalue weighted by atomic mass is 10.1. The first-order valence-corrected chi connectivity index (χ1v) is 5.91. The molecular weight excluding hydrogens is 226 g/mol. The molecule has 1 aromatic carbocycles. The van der Waals surface area contributed by atoms with Crippen LogP contribution in [-0.4, -0.2) is 17.1 Å². The Morgan fingerprint density at radius 2 is 1.83 bits per heavy atom. The normalized spacial score (nSPS) is 12.1. The molecule has 1 heterocycles. The maximum absolute atomic E-state index is 5.14. The molecule has 0 unspecified atom stereocenters. The van der Waals surface area contributed by atoms with Crippen LogP contribution >= 0.6 is 0 Å². The molecule has 0 radical (unpaired) electrons. The Hall–Kier alpha value is -1.94. The van der Waals surface area contributed by atoms with Crippen molar-refractivity contribution in [1.29, 1.82) is 0 Å². The van der Waals surface area contributed by atoms with Gasteiger partial charge in [0.25, 0.3) is 0 Å². The molecule has 94 valence electrons. The van der Waals surface area contributed by atoms with E-state index in [1.807, 2.05) is 24.5 Å². The maximum atomic E-state index is 5.14. The van der Waals surface area contributed by atoms with Gasteiger partial charge in [-0.25, -0.2) is 9.97 Å². The highest BCUT2D eigenvalue weighted by molar-refractivity contribution is 5.28. The monoisotopic (exact) mass is 243 g/mol. The Bertz CT molecular complexity index is 470. The highest BCUT2D eigenvalue weighted by Gasteiger charge is 2.05. The van der Waals surface area contributed by atoms with E-state index in [-0.39, 0.29) is 6.04 Å². The average molecular weight is 243 g/mol. The molecule has 2 aromatic rings. The molecule has 2 rings (SSSR count). The smallest absolute Gasteiger partial charge is 0.118 e. The van der Waals surface area contributed by atoms with Gasteiger partial charge >= 0.3 is 0 Å². The quantitative estimate of drug-likeness (QED) is 0.875. The highest BCUT2D eigenvalue weighted by atomic mass is 16.5. The molecule has 0 amide bonds. The van der Waals surface area contributed by atoms with E-state index in [4.69, 9.17) is 4.74 Å². The van der Waals surface area contributed by atoms with Crippen LogP contribution in [0.15, 0.2) is 43.0 Å². The SMILES string of the molecule is COc1ccc([C@H](C)NCc2cncnc2)cc1. The van der Waals surface area contributed by atoms with E-state index in [2.05, 4.69) is 34.3 Å². The van der Waals surface area contributed by atoms with Crippen LogP contribution in [0.5, 0.6) is 5.75 Å². The number of ether oxygens (including phenoxy) is 1. The Labute approximate surface area is 107 Å². The zero-order valence-electron chi connectivity index (χ0n) is 10.6.